The number of nitrogens with zero attached hydrogens (tertiary/aromatic N) is 3. The molecule has 100 valence electrons. The predicted octanol–water partition coefficient (Wildman–Crippen LogP) is 0.755. The van der Waals surface area contributed by atoms with Gasteiger partial charge >= 0.3 is 0 Å². The number of fused-ring (bicyclic) bond motifs is 5. The first-order valence-electron chi connectivity index (χ1n) is 6.62. The Hall–Kier alpha value is -1.66. The number of ether oxygens (including phenoxy) is 1. The summed E-state index contributed by atoms with van der Waals surface area (Å²) in [4.78, 5) is 0. The van der Waals surface area contributed by atoms with Crippen LogP contribution in [0.5, 0.6) is 0 Å². The first-order chi connectivity index (χ1) is 9.36. The average molecular weight is 260 g/mol. The molecule has 0 amide bonds. The second-order valence-electron chi connectivity index (χ2n) is 5.13. The van der Waals surface area contributed by atoms with Crippen molar-refractivity contribution >= 4 is 0 Å². The van der Waals surface area contributed by atoms with E-state index in [1.165, 1.54) is 11.3 Å². The molecule has 4 heterocycles. The molecular formula is C13H16N4O2. The number of rotatable bonds is 1. The Morgan fingerprint density at radius 1 is 1.53 bits per heavy atom. The molecule has 2 aliphatic rings. The number of nitrogens with one attached hydrogen (secondary N) is 1. The lowest BCUT2D eigenvalue weighted by molar-refractivity contribution is 0.0863. The molecule has 6 heteroatoms. The fourth-order valence-corrected chi connectivity index (χ4v) is 3.01. The predicted molar refractivity (Wildman–Crippen MR) is 67.6 cm³/mol. The fraction of sp³-hybridized carbons (Fsp3) is 0.538. The van der Waals surface area contributed by atoms with E-state index in [-0.39, 0.29) is 6.10 Å². The number of hydrogen-bond acceptors (Lipinski definition) is 5. The van der Waals surface area contributed by atoms with Crippen molar-refractivity contribution in [2.24, 2.45) is 0 Å². The van der Waals surface area contributed by atoms with E-state index in [0.29, 0.717) is 0 Å². The summed E-state index contributed by atoms with van der Waals surface area (Å²) >= 11 is 0. The Kier molecular flexibility index (Phi) is 2.46. The maximum Gasteiger partial charge on any atom is 0.135 e. The van der Waals surface area contributed by atoms with Gasteiger partial charge in [-0.15, -0.1) is 0 Å². The lowest BCUT2D eigenvalue weighted by Gasteiger charge is -2.12. The SMILES string of the molecule is COC1Cc2conc2-c2c3c(nn2C1)CCNC3. The highest BCUT2D eigenvalue weighted by molar-refractivity contribution is 5.65. The van der Waals surface area contributed by atoms with Crippen molar-refractivity contribution in [1.29, 1.82) is 0 Å². The van der Waals surface area contributed by atoms with Crippen LogP contribution in [-0.4, -0.2) is 34.7 Å². The largest absolute Gasteiger partial charge is 0.379 e. The molecule has 4 rings (SSSR count). The van der Waals surface area contributed by atoms with Gasteiger partial charge in [-0.25, -0.2) is 0 Å². The lowest BCUT2D eigenvalue weighted by Crippen LogP contribution is -2.23. The number of hydrogen-bond donors (Lipinski definition) is 1. The van der Waals surface area contributed by atoms with Gasteiger partial charge in [0, 0.05) is 44.2 Å². The number of methoxy groups -OCH3 is 1. The van der Waals surface area contributed by atoms with E-state index in [9.17, 15) is 0 Å². The molecule has 1 unspecified atom stereocenters. The van der Waals surface area contributed by atoms with Gasteiger partial charge in [-0.1, -0.05) is 5.16 Å². The van der Waals surface area contributed by atoms with Crippen LogP contribution in [0.3, 0.4) is 0 Å². The Bertz CT molecular complexity index is 616. The van der Waals surface area contributed by atoms with Crippen molar-refractivity contribution in [1.82, 2.24) is 20.3 Å². The smallest absolute Gasteiger partial charge is 0.135 e. The Morgan fingerprint density at radius 3 is 3.37 bits per heavy atom. The molecule has 0 bridgehead atoms. The van der Waals surface area contributed by atoms with Gasteiger partial charge in [0.25, 0.3) is 0 Å². The zero-order chi connectivity index (χ0) is 12.8. The molecule has 0 aromatic carbocycles. The van der Waals surface area contributed by atoms with E-state index in [0.717, 1.165) is 49.4 Å². The van der Waals surface area contributed by atoms with Crippen LogP contribution >= 0.6 is 0 Å². The van der Waals surface area contributed by atoms with Crippen molar-refractivity contribution in [3.63, 3.8) is 0 Å². The van der Waals surface area contributed by atoms with Crippen molar-refractivity contribution in [2.45, 2.75) is 32.0 Å². The summed E-state index contributed by atoms with van der Waals surface area (Å²) in [6, 6.07) is 0. The zero-order valence-electron chi connectivity index (χ0n) is 10.8. The lowest BCUT2D eigenvalue weighted by atomic mass is 10.0. The molecule has 0 saturated heterocycles. The summed E-state index contributed by atoms with van der Waals surface area (Å²) in [5.74, 6) is 0. The summed E-state index contributed by atoms with van der Waals surface area (Å²) in [5, 5.41) is 12.3. The molecular weight excluding hydrogens is 244 g/mol. The van der Waals surface area contributed by atoms with E-state index in [1.54, 1.807) is 13.4 Å². The summed E-state index contributed by atoms with van der Waals surface area (Å²) in [6.45, 7) is 2.62. The van der Waals surface area contributed by atoms with E-state index in [4.69, 9.17) is 14.4 Å². The molecule has 6 nitrogen and oxygen atoms in total. The maximum absolute atomic E-state index is 5.54. The van der Waals surface area contributed by atoms with E-state index in [1.807, 2.05) is 4.68 Å². The van der Waals surface area contributed by atoms with Gasteiger partial charge < -0.3 is 14.6 Å². The Labute approximate surface area is 110 Å². The fourth-order valence-electron chi connectivity index (χ4n) is 3.01. The topological polar surface area (TPSA) is 65.1 Å². The molecule has 0 fully saturated rings. The molecule has 0 radical (unpaired) electrons. The van der Waals surface area contributed by atoms with Crippen LogP contribution in [0.1, 0.15) is 16.8 Å². The highest BCUT2D eigenvalue weighted by Crippen LogP contribution is 2.33. The molecule has 0 saturated carbocycles. The quantitative estimate of drug-likeness (QED) is 0.820. The highest BCUT2D eigenvalue weighted by Gasteiger charge is 2.30. The van der Waals surface area contributed by atoms with E-state index < -0.39 is 0 Å². The third-order valence-corrected chi connectivity index (χ3v) is 4.00. The van der Waals surface area contributed by atoms with Crippen LogP contribution in [0.15, 0.2) is 10.8 Å². The highest BCUT2D eigenvalue weighted by atomic mass is 16.5. The van der Waals surface area contributed by atoms with Crippen LogP contribution in [-0.2, 0) is 30.7 Å². The standard InChI is InChI=1S/C13H16N4O2/c1-18-9-4-8-7-19-16-12(8)13-10-5-14-3-2-11(10)15-17(13)6-9/h7,9,14H,2-6H2,1H3. The molecule has 1 N–H and O–H groups in total. The van der Waals surface area contributed by atoms with Crippen LogP contribution in [0.2, 0.25) is 0 Å². The van der Waals surface area contributed by atoms with Crippen molar-refractivity contribution in [3.8, 4) is 11.4 Å². The van der Waals surface area contributed by atoms with Crippen LogP contribution in [0.25, 0.3) is 11.4 Å². The van der Waals surface area contributed by atoms with E-state index >= 15 is 0 Å². The van der Waals surface area contributed by atoms with Crippen molar-refractivity contribution in [3.05, 3.63) is 23.1 Å². The Balaban J connectivity index is 1.93. The molecule has 0 aliphatic carbocycles. The zero-order valence-corrected chi connectivity index (χ0v) is 10.8. The normalized spacial score (nSPS) is 21.4. The van der Waals surface area contributed by atoms with Gasteiger partial charge in [0.1, 0.15) is 12.0 Å². The van der Waals surface area contributed by atoms with Gasteiger partial charge in [-0.2, -0.15) is 5.10 Å². The molecule has 0 spiro atoms. The minimum Gasteiger partial charge on any atom is -0.379 e. The molecule has 2 aliphatic heterocycles. The molecule has 19 heavy (non-hydrogen) atoms. The minimum absolute atomic E-state index is 0.119. The second kappa shape index (κ2) is 4.18. The summed E-state index contributed by atoms with van der Waals surface area (Å²) in [7, 11) is 1.74. The third kappa shape index (κ3) is 1.63. The minimum atomic E-state index is 0.119. The summed E-state index contributed by atoms with van der Waals surface area (Å²) in [6.07, 6.45) is 3.64. The monoisotopic (exact) mass is 260 g/mol. The third-order valence-electron chi connectivity index (χ3n) is 4.00. The van der Waals surface area contributed by atoms with Crippen LogP contribution in [0, 0.1) is 0 Å². The first kappa shape index (κ1) is 11.2. The summed E-state index contributed by atoms with van der Waals surface area (Å²) in [5.41, 5.74) is 5.58. The van der Waals surface area contributed by atoms with Gasteiger partial charge in [0.2, 0.25) is 0 Å². The Morgan fingerprint density at radius 2 is 2.47 bits per heavy atom. The number of aromatic nitrogens is 3. The molecule has 2 aromatic rings. The van der Waals surface area contributed by atoms with Gasteiger partial charge in [-0.05, 0) is 0 Å². The molecule has 1 atom stereocenters. The van der Waals surface area contributed by atoms with Gasteiger partial charge in [-0.3, -0.25) is 4.68 Å². The van der Waals surface area contributed by atoms with E-state index in [2.05, 4.69) is 10.5 Å². The second-order valence-corrected chi connectivity index (χ2v) is 5.13. The van der Waals surface area contributed by atoms with Crippen molar-refractivity contribution < 1.29 is 9.26 Å². The van der Waals surface area contributed by atoms with Crippen LogP contribution < -0.4 is 5.32 Å². The first-order valence-corrected chi connectivity index (χ1v) is 6.62. The summed E-state index contributed by atoms with van der Waals surface area (Å²) < 4.78 is 12.7. The van der Waals surface area contributed by atoms with Crippen LogP contribution in [0.4, 0.5) is 0 Å². The molecule has 2 aromatic heterocycles. The average Bonchev–Trinajstić information content (AvgIpc) is 2.98. The van der Waals surface area contributed by atoms with Crippen molar-refractivity contribution in [2.75, 3.05) is 13.7 Å². The van der Waals surface area contributed by atoms with Gasteiger partial charge in [0.05, 0.1) is 24.0 Å². The van der Waals surface area contributed by atoms with Gasteiger partial charge in [0.15, 0.2) is 0 Å². The maximum atomic E-state index is 5.54.